The van der Waals surface area contributed by atoms with Crippen LogP contribution < -0.4 is 10.2 Å². The number of hydrogen-bond acceptors (Lipinski definition) is 4. The topological polar surface area (TPSA) is 55.8 Å². The van der Waals surface area contributed by atoms with E-state index in [-0.39, 0.29) is 5.56 Å². The van der Waals surface area contributed by atoms with Crippen molar-refractivity contribution in [1.82, 2.24) is 4.90 Å². The van der Waals surface area contributed by atoms with E-state index in [0.29, 0.717) is 17.4 Å². The number of benzene rings is 1. The fourth-order valence-corrected chi connectivity index (χ4v) is 2.85. The molecule has 0 radical (unpaired) electrons. The maximum absolute atomic E-state index is 14.4. The van der Waals surface area contributed by atoms with Crippen molar-refractivity contribution in [2.75, 3.05) is 42.9 Å². The monoisotopic (exact) mass is 307 g/mol. The number of nitrogens with one attached hydrogen (secondary N) is 1. The smallest absolute Gasteiger partial charge is 0.337 e. The van der Waals surface area contributed by atoms with E-state index in [1.165, 1.54) is 0 Å². The number of halogens is 1. The third-order valence-electron chi connectivity index (χ3n) is 4.41. The fraction of sp³-hybridized carbons (Fsp3) is 0.562. The Morgan fingerprint density at radius 3 is 2.55 bits per heavy atom. The molecule has 3 rings (SSSR count). The van der Waals surface area contributed by atoms with Gasteiger partial charge in [0.2, 0.25) is 0 Å². The Balaban J connectivity index is 1.85. The van der Waals surface area contributed by atoms with E-state index in [1.54, 1.807) is 6.07 Å². The van der Waals surface area contributed by atoms with Gasteiger partial charge in [-0.1, -0.05) is 6.92 Å². The van der Waals surface area contributed by atoms with E-state index in [1.807, 2.05) is 4.90 Å². The molecule has 5 nitrogen and oxygen atoms in total. The van der Waals surface area contributed by atoms with Crippen LogP contribution in [0.3, 0.4) is 0 Å². The van der Waals surface area contributed by atoms with Crippen LogP contribution in [0.5, 0.6) is 0 Å². The van der Waals surface area contributed by atoms with Gasteiger partial charge in [0.05, 0.1) is 16.9 Å². The molecule has 22 heavy (non-hydrogen) atoms. The van der Waals surface area contributed by atoms with E-state index >= 15 is 0 Å². The maximum Gasteiger partial charge on any atom is 0.337 e. The van der Waals surface area contributed by atoms with Gasteiger partial charge in [-0.25, -0.2) is 9.18 Å². The molecular weight excluding hydrogens is 285 g/mol. The lowest BCUT2D eigenvalue weighted by Crippen LogP contribution is -2.46. The van der Waals surface area contributed by atoms with Crippen LogP contribution in [0.4, 0.5) is 15.8 Å². The molecule has 2 N–H and O–H groups in total. The molecule has 1 aromatic rings. The number of carboxylic acids is 1. The fourth-order valence-electron chi connectivity index (χ4n) is 2.85. The van der Waals surface area contributed by atoms with E-state index < -0.39 is 11.8 Å². The molecule has 1 saturated heterocycles. The number of likely N-dealkylation sites (N-methyl/N-ethyl adjacent to an activating group) is 1. The highest BCUT2D eigenvalue weighted by Crippen LogP contribution is 2.32. The number of rotatable bonds is 5. The molecule has 2 fully saturated rings. The highest BCUT2D eigenvalue weighted by atomic mass is 19.1. The SMILES string of the molecule is CCN1CCN(c2cc(NC3CC3)c(C(=O)O)cc2F)CC1. The summed E-state index contributed by atoms with van der Waals surface area (Å²) in [6, 6.07) is 3.14. The molecule has 1 saturated carbocycles. The van der Waals surface area contributed by atoms with Crippen LogP contribution in [-0.4, -0.2) is 54.7 Å². The van der Waals surface area contributed by atoms with Gasteiger partial charge < -0.3 is 20.2 Å². The zero-order chi connectivity index (χ0) is 15.7. The second kappa shape index (κ2) is 6.12. The van der Waals surface area contributed by atoms with Crippen molar-refractivity contribution in [3.63, 3.8) is 0 Å². The van der Waals surface area contributed by atoms with Crippen LogP contribution in [0.15, 0.2) is 12.1 Å². The largest absolute Gasteiger partial charge is 0.478 e. The van der Waals surface area contributed by atoms with Gasteiger partial charge in [0.15, 0.2) is 0 Å². The minimum Gasteiger partial charge on any atom is -0.478 e. The molecule has 0 atom stereocenters. The summed E-state index contributed by atoms with van der Waals surface area (Å²) in [5.74, 6) is -1.55. The Labute approximate surface area is 129 Å². The van der Waals surface area contributed by atoms with Gasteiger partial charge in [0.1, 0.15) is 5.82 Å². The summed E-state index contributed by atoms with van der Waals surface area (Å²) >= 11 is 0. The molecule has 120 valence electrons. The molecule has 0 amide bonds. The normalized spacial score (nSPS) is 19.3. The van der Waals surface area contributed by atoms with E-state index in [2.05, 4.69) is 17.1 Å². The number of carboxylic acid groups (broad SMARTS) is 1. The van der Waals surface area contributed by atoms with Crippen LogP contribution in [-0.2, 0) is 0 Å². The summed E-state index contributed by atoms with van der Waals surface area (Å²) in [5.41, 5.74) is 1.05. The maximum atomic E-state index is 14.4. The molecule has 2 aliphatic rings. The van der Waals surface area contributed by atoms with Crippen molar-refractivity contribution < 1.29 is 14.3 Å². The molecule has 0 aromatic heterocycles. The number of carbonyl (C=O) groups is 1. The van der Waals surface area contributed by atoms with Crippen LogP contribution >= 0.6 is 0 Å². The molecule has 1 heterocycles. The number of hydrogen-bond donors (Lipinski definition) is 2. The quantitative estimate of drug-likeness (QED) is 0.874. The molecule has 1 aromatic carbocycles. The predicted octanol–water partition coefficient (Wildman–Crippen LogP) is 2.24. The van der Waals surface area contributed by atoms with Crippen LogP contribution in [0.1, 0.15) is 30.1 Å². The van der Waals surface area contributed by atoms with E-state index in [4.69, 9.17) is 0 Å². The van der Waals surface area contributed by atoms with Crippen LogP contribution in [0, 0.1) is 5.82 Å². The van der Waals surface area contributed by atoms with Crippen LogP contribution in [0.2, 0.25) is 0 Å². The van der Waals surface area contributed by atoms with Gasteiger partial charge in [-0.05, 0) is 31.5 Å². The molecule has 1 aliphatic carbocycles. The Bertz CT molecular complexity index is 567. The summed E-state index contributed by atoms with van der Waals surface area (Å²) < 4.78 is 14.4. The summed E-state index contributed by atoms with van der Waals surface area (Å²) in [7, 11) is 0. The lowest BCUT2D eigenvalue weighted by molar-refractivity contribution is 0.0697. The summed E-state index contributed by atoms with van der Waals surface area (Å²) in [4.78, 5) is 15.6. The van der Waals surface area contributed by atoms with Crippen molar-refractivity contribution >= 4 is 17.3 Å². The standard InChI is InChI=1S/C16H22FN3O2/c1-2-19-5-7-20(8-6-19)15-10-14(18-11-3-4-11)12(16(21)22)9-13(15)17/h9-11,18H,2-8H2,1H3,(H,21,22). The van der Waals surface area contributed by atoms with E-state index in [0.717, 1.165) is 51.6 Å². The zero-order valence-electron chi connectivity index (χ0n) is 12.8. The molecular formula is C16H22FN3O2. The van der Waals surface area contributed by atoms with Crippen molar-refractivity contribution in [3.05, 3.63) is 23.5 Å². The van der Waals surface area contributed by atoms with Gasteiger partial charge in [0, 0.05) is 32.2 Å². The number of nitrogens with zero attached hydrogens (tertiary/aromatic N) is 2. The second-order valence-corrected chi connectivity index (χ2v) is 5.99. The zero-order valence-corrected chi connectivity index (χ0v) is 12.8. The van der Waals surface area contributed by atoms with Crippen molar-refractivity contribution in [2.45, 2.75) is 25.8 Å². The summed E-state index contributed by atoms with van der Waals surface area (Å²) in [6.07, 6.45) is 2.09. The van der Waals surface area contributed by atoms with E-state index in [9.17, 15) is 14.3 Å². The first kappa shape index (κ1) is 15.1. The Morgan fingerprint density at radius 1 is 1.32 bits per heavy atom. The van der Waals surface area contributed by atoms with Crippen molar-refractivity contribution in [3.8, 4) is 0 Å². The number of anilines is 2. The first-order chi connectivity index (χ1) is 10.6. The molecule has 0 bridgehead atoms. The highest BCUT2D eigenvalue weighted by Gasteiger charge is 2.26. The van der Waals surface area contributed by atoms with Crippen molar-refractivity contribution in [2.24, 2.45) is 0 Å². The van der Waals surface area contributed by atoms with Crippen LogP contribution in [0.25, 0.3) is 0 Å². The minimum absolute atomic E-state index is 0.0142. The third-order valence-corrected chi connectivity index (χ3v) is 4.41. The Kier molecular flexibility index (Phi) is 4.20. The summed E-state index contributed by atoms with van der Waals surface area (Å²) in [5, 5.41) is 12.5. The Morgan fingerprint density at radius 2 is 2.00 bits per heavy atom. The third kappa shape index (κ3) is 3.16. The number of piperazine rings is 1. The molecule has 0 spiro atoms. The van der Waals surface area contributed by atoms with Gasteiger partial charge in [0.25, 0.3) is 0 Å². The summed E-state index contributed by atoms with van der Waals surface area (Å²) in [6.45, 7) is 6.46. The molecule has 1 aliphatic heterocycles. The molecule has 0 unspecified atom stereocenters. The first-order valence-corrected chi connectivity index (χ1v) is 7.89. The predicted molar refractivity (Wildman–Crippen MR) is 84.3 cm³/mol. The van der Waals surface area contributed by atoms with Gasteiger partial charge in [-0.2, -0.15) is 0 Å². The lowest BCUT2D eigenvalue weighted by Gasteiger charge is -2.36. The average Bonchev–Trinajstić information content (AvgIpc) is 3.32. The average molecular weight is 307 g/mol. The second-order valence-electron chi connectivity index (χ2n) is 5.99. The van der Waals surface area contributed by atoms with Gasteiger partial charge in [-0.15, -0.1) is 0 Å². The number of aromatic carboxylic acids is 1. The first-order valence-electron chi connectivity index (χ1n) is 7.89. The van der Waals surface area contributed by atoms with Gasteiger partial charge in [-0.3, -0.25) is 0 Å². The van der Waals surface area contributed by atoms with Crippen molar-refractivity contribution in [1.29, 1.82) is 0 Å². The van der Waals surface area contributed by atoms with Gasteiger partial charge >= 0.3 is 5.97 Å². The lowest BCUT2D eigenvalue weighted by atomic mass is 10.1. The molecule has 6 heteroatoms. The Hall–Kier alpha value is -1.82. The minimum atomic E-state index is -1.09. The highest BCUT2D eigenvalue weighted by molar-refractivity contribution is 5.95.